The predicted molar refractivity (Wildman–Crippen MR) is 108 cm³/mol. The molecule has 0 bridgehead atoms. The number of amides is 1. The molecule has 3 N–H and O–H groups in total. The minimum Gasteiger partial charge on any atom is -0.480 e. The molecule has 1 amide bonds. The maximum atomic E-state index is 12.9. The number of hydrogen-bond donors (Lipinski definition) is 3. The molecule has 0 radical (unpaired) electrons. The third-order valence-corrected chi connectivity index (χ3v) is 4.84. The molecule has 1 saturated heterocycles. The third kappa shape index (κ3) is 9.99. The Labute approximate surface area is 176 Å². The zero-order valence-corrected chi connectivity index (χ0v) is 18.0. The van der Waals surface area contributed by atoms with Crippen molar-refractivity contribution in [3.63, 3.8) is 0 Å². The lowest BCUT2D eigenvalue weighted by Crippen LogP contribution is -2.51. The van der Waals surface area contributed by atoms with Crippen molar-refractivity contribution in [1.29, 1.82) is 0 Å². The van der Waals surface area contributed by atoms with Crippen molar-refractivity contribution in [1.82, 2.24) is 19.6 Å². The zero-order valence-electron chi connectivity index (χ0n) is 18.0. The maximum Gasteiger partial charge on any atom is 0.317 e. The predicted octanol–water partition coefficient (Wildman–Crippen LogP) is -0.965. The zero-order chi connectivity index (χ0) is 22.9. The van der Waals surface area contributed by atoms with Crippen LogP contribution < -0.4 is 0 Å². The van der Waals surface area contributed by atoms with Gasteiger partial charge in [0, 0.05) is 57.8 Å². The van der Waals surface area contributed by atoms with E-state index in [9.17, 15) is 29.4 Å². The first-order valence-electron chi connectivity index (χ1n) is 10.0. The number of carboxylic acid groups (broad SMARTS) is 3. The molecular weight excluding hydrogens is 396 g/mol. The van der Waals surface area contributed by atoms with Gasteiger partial charge in [-0.1, -0.05) is 20.8 Å². The van der Waals surface area contributed by atoms with Crippen LogP contribution in [0.15, 0.2) is 0 Å². The van der Waals surface area contributed by atoms with E-state index >= 15 is 0 Å². The molecule has 0 spiro atoms. The first-order chi connectivity index (χ1) is 13.9. The number of nitrogens with zero attached hydrogens (tertiary/aromatic N) is 4. The van der Waals surface area contributed by atoms with Crippen molar-refractivity contribution in [2.24, 2.45) is 5.41 Å². The van der Waals surface area contributed by atoms with E-state index in [2.05, 4.69) is 0 Å². The molecule has 0 aromatic heterocycles. The Hall–Kier alpha value is -2.24. The highest BCUT2D eigenvalue weighted by molar-refractivity contribution is 5.81. The summed E-state index contributed by atoms with van der Waals surface area (Å²) in [6, 6.07) is 0. The SMILES string of the molecule is CC(C)(C)C(=O)N1CCN(CC(=O)O)CCN(CC(=O)O)CCN(CC(=O)O)CC1. The van der Waals surface area contributed by atoms with E-state index in [0.29, 0.717) is 52.4 Å². The van der Waals surface area contributed by atoms with Crippen LogP contribution in [0.1, 0.15) is 20.8 Å². The Bertz CT molecular complexity index is 588. The molecule has 0 aromatic rings. The smallest absolute Gasteiger partial charge is 0.317 e. The van der Waals surface area contributed by atoms with Crippen molar-refractivity contribution in [3.05, 3.63) is 0 Å². The molecule has 1 aliphatic rings. The molecule has 11 nitrogen and oxygen atoms in total. The van der Waals surface area contributed by atoms with Gasteiger partial charge in [0.15, 0.2) is 0 Å². The topological polar surface area (TPSA) is 142 Å². The second kappa shape index (κ2) is 11.8. The minimum absolute atomic E-state index is 0.0855. The second-order valence-corrected chi connectivity index (χ2v) is 8.55. The van der Waals surface area contributed by atoms with Crippen molar-refractivity contribution < 1.29 is 34.5 Å². The van der Waals surface area contributed by atoms with E-state index in [1.807, 2.05) is 0 Å². The summed E-state index contributed by atoms with van der Waals surface area (Å²) in [4.78, 5) is 53.2. The lowest BCUT2D eigenvalue weighted by atomic mass is 9.94. The quantitative estimate of drug-likeness (QED) is 0.482. The second-order valence-electron chi connectivity index (χ2n) is 8.55. The van der Waals surface area contributed by atoms with Gasteiger partial charge in [-0.25, -0.2) is 0 Å². The molecule has 0 aromatic carbocycles. The average molecular weight is 431 g/mol. The summed E-state index contributed by atoms with van der Waals surface area (Å²) >= 11 is 0. The van der Waals surface area contributed by atoms with E-state index < -0.39 is 23.3 Å². The average Bonchev–Trinajstić information content (AvgIpc) is 2.59. The molecule has 0 unspecified atom stereocenters. The van der Waals surface area contributed by atoms with Crippen LogP contribution in [0, 0.1) is 5.41 Å². The number of carboxylic acids is 3. The van der Waals surface area contributed by atoms with Crippen LogP contribution in [-0.4, -0.2) is 131 Å². The van der Waals surface area contributed by atoms with Crippen molar-refractivity contribution >= 4 is 23.8 Å². The van der Waals surface area contributed by atoms with Crippen molar-refractivity contribution in [3.8, 4) is 0 Å². The van der Waals surface area contributed by atoms with Gasteiger partial charge in [0.05, 0.1) is 19.6 Å². The molecule has 0 saturated carbocycles. The van der Waals surface area contributed by atoms with Crippen LogP contribution in [0.3, 0.4) is 0 Å². The van der Waals surface area contributed by atoms with E-state index in [1.54, 1.807) is 40.4 Å². The molecule has 11 heteroatoms. The summed E-state index contributed by atoms with van der Waals surface area (Å²) in [7, 11) is 0. The molecule has 1 fully saturated rings. The highest BCUT2D eigenvalue weighted by atomic mass is 16.4. The number of carbonyl (C=O) groups excluding carboxylic acids is 1. The lowest BCUT2D eigenvalue weighted by Gasteiger charge is -2.35. The third-order valence-electron chi connectivity index (χ3n) is 4.84. The Morgan fingerprint density at radius 3 is 1.10 bits per heavy atom. The Morgan fingerprint density at radius 1 is 0.600 bits per heavy atom. The monoisotopic (exact) mass is 430 g/mol. The van der Waals surface area contributed by atoms with E-state index in [4.69, 9.17) is 5.11 Å². The minimum atomic E-state index is -1.00. The molecular formula is C19H34N4O7. The van der Waals surface area contributed by atoms with Crippen molar-refractivity contribution in [2.45, 2.75) is 20.8 Å². The molecule has 0 atom stereocenters. The van der Waals surface area contributed by atoms with Crippen molar-refractivity contribution in [2.75, 3.05) is 72.0 Å². The van der Waals surface area contributed by atoms with Crippen LogP contribution in [-0.2, 0) is 19.2 Å². The number of aliphatic carboxylic acids is 3. The van der Waals surface area contributed by atoms with Gasteiger partial charge in [0.1, 0.15) is 0 Å². The Morgan fingerprint density at radius 2 is 0.867 bits per heavy atom. The van der Waals surface area contributed by atoms with Gasteiger partial charge in [0.25, 0.3) is 0 Å². The standard InChI is InChI=1S/C19H34N4O7/c1-19(2,3)18(30)23-10-8-21(13-16(26)27)6-4-20(12-15(24)25)5-7-22(9-11-23)14-17(28)29/h4-14H2,1-3H3,(H,24,25)(H,26,27)(H,28,29). The Balaban J connectivity index is 3.04. The molecule has 30 heavy (non-hydrogen) atoms. The van der Waals surface area contributed by atoms with Gasteiger partial charge < -0.3 is 20.2 Å². The highest BCUT2D eigenvalue weighted by Gasteiger charge is 2.28. The summed E-state index contributed by atoms with van der Waals surface area (Å²) in [5.74, 6) is -3.07. The van der Waals surface area contributed by atoms with Crippen LogP contribution in [0.2, 0.25) is 0 Å². The molecule has 1 heterocycles. The van der Waals surface area contributed by atoms with Gasteiger partial charge in [0.2, 0.25) is 5.91 Å². The number of hydrogen-bond acceptors (Lipinski definition) is 7. The first kappa shape index (κ1) is 25.8. The van der Waals surface area contributed by atoms with Crippen LogP contribution in [0.4, 0.5) is 0 Å². The summed E-state index contributed by atoms with van der Waals surface area (Å²) in [5.41, 5.74) is -0.620. The fourth-order valence-corrected chi connectivity index (χ4v) is 3.26. The lowest BCUT2D eigenvalue weighted by molar-refractivity contribution is -0.142. The van der Waals surface area contributed by atoms with Gasteiger partial charge >= 0.3 is 17.9 Å². The highest BCUT2D eigenvalue weighted by Crippen LogP contribution is 2.17. The summed E-state index contributed by atoms with van der Waals surface area (Å²) in [6.45, 7) is 7.38. The van der Waals surface area contributed by atoms with Gasteiger partial charge in [-0.15, -0.1) is 0 Å². The van der Waals surface area contributed by atoms with Gasteiger partial charge in [-0.05, 0) is 0 Å². The normalized spacial score (nSPS) is 19.0. The van der Waals surface area contributed by atoms with E-state index in [-0.39, 0.29) is 25.5 Å². The number of carbonyl (C=O) groups is 4. The summed E-state index contributed by atoms with van der Waals surface area (Å²) in [6.07, 6.45) is 0. The molecule has 1 aliphatic heterocycles. The first-order valence-corrected chi connectivity index (χ1v) is 10.0. The van der Waals surface area contributed by atoms with Crippen LogP contribution >= 0.6 is 0 Å². The molecule has 172 valence electrons. The van der Waals surface area contributed by atoms with Gasteiger partial charge in [-0.2, -0.15) is 0 Å². The fraction of sp³-hybridized carbons (Fsp3) is 0.789. The Kier molecular flexibility index (Phi) is 10.2. The van der Waals surface area contributed by atoms with E-state index in [0.717, 1.165) is 0 Å². The largest absolute Gasteiger partial charge is 0.480 e. The van der Waals surface area contributed by atoms with E-state index in [1.165, 1.54) is 0 Å². The summed E-state index contributed by atoms with van der Waals surface area (Å²) < 4.78 is 0. The maximum absolute atomic E-state index is 12.9. The molecule has 1 rings (SSSR count). The van der Waals surface area contributed by atoms with Crippen LogP contribution in [0.25, 0.3) is 0 Å². The molecule has 0 aliphatic carbocycles. The van der Waals surface area contributed by atoms with Gasteiger partial charge in [-0.3, -0.25) is 33.9 Å². The summed E-state index contributed by atoms with van der Waals surface area (Å²) in [5, 5.41) is 27.5. The number of rotatable bonds is 6. The fourth-order valence-electron chi connectivity index (χ4n) is 3.26. The van der Waals surface area contributed by atoms with Crippen LogP contribution in [0.5, 0.6) is 0 Å².